The fraction of sp³-hybridized carbons (Fsp3) is 0.355. The number of nitrogens with zero attached hydrogens (tertiary/aromatic N) is 3. The molecule has 0 radical (unpaired) electrons. The first-order valence-electron chi connectivity index (χ1n) is 13.3. The highest BCUT2D eigenvalue weighted by Gasteiger charge is 2.24. The van der Waals surface area contributed by atoms with Gasteiger partial charge in [-0.05, 0) is 80.3 Å². The van der Waals surface area contributed by atoms with E-state index in [4.69, 9.17) is 18.6 Å². The maximum atomic E-state index is 13.7. The summed E-state index contributed by atoms with van der Waals surface area (Å²) < 4.78 is 24.7. The number of aryl methyl sites for hydroxylation is 2. The fourth-order valence-electron chi connectivity index (χ4n) is 4.89. The van der Waals surface area contributed by atoms with Crippen LogP contribution in [0.2, 0.25) is 0 Å². The second kappa shape index (κ2) is 12.2. The number of methoxy groups -OCH3 is 1. The van der Waals surface area contributed by atoms with Gasteiger partial charge in [0.1, 0.15) is 12.4 Å². The number of ether oxygens (including phenoxy) is 3. The van der Waals surface area contributed by atoms with Crippen molar-refractivity contribution in [3.8, 4) is 11.5 Å². The van der Waals surface area contributed by atoms with Gasteiger partial charge in [-0.1, -0.05) is 18.2 Å². The molecule has 5 rings (SSSR count). The van der Waals surface area contributed by atoms with Gasteiger partial charge in [-0.25, -0.2) is 0 Å². The van der Waals surface area contributed by atoms with Gasteiger partial charge in [0.2, 0.25) is 0 Å². The minimum Gasteiger partial charge on any atom is -0.493 e. The average molecular weight is 530 g/mol. The molecule has 4 aromatic rings. The Morgan fingerprint density at radius 2 is 1.90 bits per heavy atom. The maximum Gasteiger partial charge on any atom is 0.254 e. The minimum atomic E-state index is -0.0305. The van der Waals surface area contributed by atoms with Crippen LogP contribution in [0, 0.1) is 13.8 Å². The lowest BCUT2D eigenvalue weighted by molar-refractivity contribution is 0.0507. The molecule has 1 atom stereocenters. The summed E-state index contributed by atoms with van der Waals surface area (Å²) in [5, 5.41) is 4.55. The van der Waals surface area contributed by atoms with E-state index in [1.165, 1.54) is 0 Å². The molecular weight excluding hydrogens is 494 g/mol. The van der Waals surface area contributed by atoms with Gasteiger partial charge < -0.3 is 23.5 Å². The second-order valence-electron chi connectivity index (χ2n) is 9.96. The molecule has 1 unspecified atom stereocenters. The van der Waals surface area contributed by atoms with Gasteiger partial charge in [-0.3, -0.25) is 9.48 Å². The summed E-state index contributed by atoms with van der Waals surface area (Å²) in [6.07, 6.45) is 3.62. The molecule has 0 N–H and O–H groups in total. The number of furan rings is 1. The maximum absolute atomic E-state index is 13.7. The topological polar surface area (TPSA) is 79.0 Å². The zero-order chi connectivity index (χ0) is 27.2. The first-order valence-corrected chi connectivity index (χ1v) is 13.3. The number of benzene rings is 2. The highest BCUT2D eigenvalue weighted by atomic mass is 16.5. The largest absolute Gasteiger partial charge is 0.493 e. The van der Waals surface area contributed by atoms with Gasteiger partial charge in [0.15, 0.2) is 11.5 Å². The summed E-state index contributed by atoms with van der Waals surface area (Å²) in [6, 6.07) is 19.3. The third-order valence-corrected chi connectivity index (χ3v) is 6.92. The lowest BCUT2D eigenvalue weighted by Crippen LogP contribution is -2.37. The van der Waals surface area contributed by atoms with Crippen molar-refractivity contribution in [3.05, 3.63) is 101 Å². The molecule has 1 aliphatic heterocycles. The summed E-state index contributed by atoms with van der Waals surface area (Å²) in [7, 11) is 1.61. The van der Waals surface area contributed by atoms with Gasteiger partial charge in [-0.2, -0.15) is 5.10 Å². The summed E-state index contributed by atoms with van der Waals surface area (Å²) in [4.78, 5) is 15.6. The Labute approximate surface area is 229 Å². The number of amides is 1. The van der Waals surface area contributed by atoms with Crippen molar-refractivity contribution >= 4 is 5.91 Å². The molecule has 1 saturated heterocycles. The quantitative estimate of drug-likeness (QED) is 0.254. The molecule has 0 bridgehead atoms. The number of carbonyl (C=O) groups is 1. The smallest absolute Gasteiger partial charge is 0.254 e. The van der Waals surface area contributed by atoms with E-state index in [2.05, 4.69) is 11.2 Å². The first kappa shape index (κ1) is 26.6. The summed E-state index contributed by atoms with van der Waals surface area (Å²) in [5.41, 5.74) is 4.79. The van der Waals surface area contributed by atoms with Crippen LogP contribution in [-0.2, 0) is 24.4 Å². The molecular formula is C31H35N3O5. The Kier molecular flexibility index (Phi) is 8.32. The molecule has 8 heteroatoms. The standard InChI is InChI=1S/C31H35N3O5/c1-22-16-23(2)34(32-22)19-24-8-11-26(12-9-24)31(35)33(20-27-6-4-14-37-27)18-25-10-13-29(36-3)30(17-25)39-21-28-7-5-15-38-28/h5,7-13,15-17,27H,4,6,14,18-21H2,1-3H3. The van der Waals surface area contributed by atoms with Gasteiger partial charge in [0.25, 0.3) is 5.91 Å². The van der Waals surface area contributed by atoms with Gasteiger partial charge in [0, 0.05) is 31.0 Å². The molecule has 3 heterocycles. The average Bonchev–Trinajstić information content (AvgIpc) is 3.71. The van der Waals surface area contributed by atoms with Crippen molar-refractivity contribution in [1.29, 1.82) is 0 Å². The molecule has 204 valence electrons. The molecule has 0 spiro atoms. The summed E-state index contributed by atoms with van der Waals surface area (Å²) in [6.45, 7) is 6.68. The van der Waals surface area contributed by atoms with E-state index in [-0.39, 0.29) is 18.6 Å². The number of hydrogen-bond donors (Lipinski definition) is 0. The SMILES string of the molecule is COc1ccc(CN(CC2CCCO2)C(=O)c2ccc(Cn3nc(C)cc3C)cc2)cc1OCc1ccco1. The molecule has 39 heavy (non-hydrogen) atoms. The Hall–Kier alpha value is -4.04. The van der Waals surface area contributed by atoms with Crippen LogP contribution in [0.15, 0.2) is 71.3 Å². The third kappa shape index (κ3) is 6.70. The number of rotatable bonds is 11. The Morgan fingerprint density at radius 3 is 2.56 bits per heavy atom. The molecule has 8 nitrogen and oxygen atoms in total. The number of aromatic nitrogens is 2. The van der Waals surface area contributed by atoms with E-state index in [0.717, 1.165) is 47.7 Å². The van der Waals surface area contributed by atoms with E-state index in [1.54, 1.807) is 13.4 Å². The van der Waals surface area contributed by atoms with E-state index < -0.39 is 0 Å². The highest BCUT2D eigenvalue weighted by molar-refractivity contribution is 5.94. The van der Waals surface area contributed by atoms with E-state index in [9.17, 15) is 4.79 Å². The predicted molar refractivity (Wildman–Crippen MR) is 147 cm³/mol. The van der Waals surface area contributed by atoms with Crippen LogP contribution in [0.4, 0.5) is 0 Å². The summed E-state index contributed by atoms with van der Waals surface area (Å²) >= 11 is 0. The van der Waals surface area contributed by atoms with Crippen LogP contribution < -0.4 is 9.47 Å². The first-order chi connectivity index (χ1) is 19.0. The fourth-order valence-corrected chi connectivity index (χ4v) is 4.89. The van der Waals surface area contributed by atoms with Crippen LogP contribution in [0.3, 0.4) is 0 Å². The van der Waals surface area contributed by atoms with Crippen molar-refractivity contribution in [3.63, 3.8) is 0 Å². The van der Waals surface area contributed by atoms with Crippen LogP contribution >= 0.6 is 0 Å². The zero-order valence-electron chi connectivity index (χ0n) is 22.8. The predicted octanol–water partition coefficient (Wildman–Crippen LogP) is 5.55. The van der Waals surface area contributed by atoms with E-state index in [0.29, 0.717) is 36.7 Å². The molecule has 2 aromatic heterocycles. The lowest BCUT2D eigenvalue weighted by atomic mass is 10.1. The minimum absolute atomic E-state index is 0.0305. The molecule has 0 aliphatic carbocycles. The van der Waals surface area contributed by atoms with Gasteiger partial charge in [0.05, 0.1) is 31.7 Å². The Bertz CT molecular complexity index is 1370. The molecule has 1 amide bonds. The summed E-state index contributed by atoms with van der Waals surface area (Å²) in [5.74, 6) is 1.92. The van der Waals surface area contributed by atoms with Crippen molar-refractivity contribution < 1.29 is 23.4 Å². The molecule has 2 aromatic carbocycles. The normalized spacial score (nSPS) is 14.9. The van der Waals surface area contributed by atoms with Crippen molar-refractivity contribution in [2.45, 2.75) is 52.5 Å². The zero-order valence-corrected chi connectivity index (χ0v) is 22.8. The Balaban J connectivity index is 1.32. The molecule has 0 saturated carbocycles. The van der Waals surface area contributed by atoms with Crippen molar-refractivity contribution in [1.82, 2.24) is 14.7 Å². The highest BCUT2D eigenvalue weighted by Crippen LogP contribution is 2.30. The third-order valence-electron chi connectivity index (χ3n) is 6.92. The number of carbonyl (C=O) groups excluding carboxylic acids is 1. The van der Waals surface area contributed by atoms with Crippen LogP contribution in [0.25, 0.3) is 0 Å². The number of hydrogen-bond acceptors (Lipinski definition) is 6. The van der Waals surface area contributed by atoms with Crippen molar-refractivity contribution in [2.75, 3.05) is 20.3 Å². The van der Waals surface area contributed by atoms with Crippen LogP contribution in [0.1, 0.15) is 51.5 Å². The van der Waals surface area contributed by atoms with Gasteiger partial charge in [-0.15, -0.1) is 0 Å². The van der Waals surface area contributed by atoms with Crippen molar-refractivity contribution in [2.24, 2.45) is 0 Å². The molecule has 1 aliphatic rings. The molecule has 1 fully saturated rings. The van der Waals surface area contributed by atoms with E-state index >= 15 is 0 Å². The monoisotopic (exact) mass is 529 g/mol. The Morgan fingerprint density at radius 1 is 1.08 bits per heavy atom. The second-order valence-corrected chi connectivity index (χ2v) is 9.96. The lowest BCUT2D eigenvalue weighted by Gasteiger charge is -2.26. The van der Waals surface area contributed by atoms with Crippen LogP contribution in [0.5, 0.6) is 11.5 Å². The van der Waals surface area contributed by atoms with E-state index in [1.807, 2.05) is 78.0 Å². The van der Waals surface area contributed by atoms with Crippen LogP contribution in [-0.4, -0.2) is 47.0 Å². The van der Waals surface area contributed by atoms with Gasteiger partial charge >= 0.3 is 0 Å².